The molecule has 1 nitrogen and oxygen atoms in total. The Balaban J connectivity index is 2.26. The van der Waals surface area contributed by atoms with E-state index in [0.717, 1.165) is 5.56 Å². The van der Waals surface area contributed by atoms with Crippen molar-refractivity contribution in [2.24, 2.45) is 10.8 Å². The summed E-state index contributed by atoms with van der Waals surface area (Å²) in [6, 6.07) is 21.0. The van der Waals surface area contributed by atoms with Gasteiger partial charge in [-0.2, -0.15) is 0 Å². The summed E-state index contributed by atoms with van der Waals surface area (Å²) < 4.78 is 13.1. The first-order valence-electron chi connectivity index (χ1n) is 8.97. The van der Waals surface area contributed by atoms with E-state index in [1.807, 2.05) is 17.8 Å². The largest absolute Gasteiger partial charge is 0.246 e. The second-order valence-electron chi connectivity index (χ2n) is 8.89. The number of benzene rings is 2. The zero-order valence-corrected chi connectivity index (χ0v) is 18.9. The molecule has 1 fully saturated rings. The van der Waals surface area contributed by atoms with Gasteiger partial charge in [-0.3, -0.25) is 0 Å². The average molecular weight is 405 g/mol. The molecular formula is C22H28OS3. The van der Waals surface area contributed by atoms with Crippen LogP contribution in [0.4, 0.5) is 0 Å². The fraction of sp³-hybridized carbons (Fsp3) is 0.455. The molecule has 3 rings (SSSR count). The molecule has 3 atom stereocenters. The van der Waals surface area contributed by atoms with E-state index in [1.165, 1.54) is 5.56 Å². The first-order chi connectivity index (χ1) is 12.0. The summed E-state index contributed by atoms with van der Waals surface area (Å²) in [4.78, 5) is 0. The number of thioether (sulfide) groups is 1. The quantitative estimate of drug-likeness (QED) is 0.505. The SMILES string of the molecule is CC(C)(C)[C@@]1(c2ccccc2)SS(=O)[C@@](c2ccccc2)(C(C)(C)C)S1. The Morgan fingerprint density at radius 1 is 0.731 bits per heavy atom. The van der Waals surface area contributed by atoms with E-state index in [1.54, 1.807) is 10.8 Å². The third-order valence-electron chi connectivity index (χ3n) is 5.00. The minimum Gasteiger partial charge on any atom is -0.246 e. The van der Waals surface area contributed by atoms with Gasteiger partial charge in [0.05, 0.1) is 0 Å². The first-order valence-corrected chi connectivity index (χ1v) is 12.3. The Labute approximate surface area is 168 Å². The second-order valence-corrected chi connectivity index (χ2v) is 14.1. The second kappa shape index (κ2) is 6.72. The van der Waals surface area contributed by atoms with Crippen LogP contribution in [0.1, 0.15) is 52.7 Å². The molecule has 4 heteroatoms. The van der Waals surface area contributed by atoms with Crippen LogP contribution in [0.2, 0.25) is 0 Å². The molecule has 0 N–H and O–H groups in total. The van der Waals surface area contributed by atoms with Crippen LogP contribution in [0.25, 0.3) is 0 Å². The van der Waals surface area contributed by atoms with E-state index in [-0.39, 0.29) is 14.9 Å². The van der Waals surface area contributed by atoms with Crippen LogP contribution >= 0.6 is 22.6 Å². The van der Waals surface area contributed by atoms with E-state index < -0.39 is 13.9 Å². The van der Waals surface area contributed by atoms with Gasteiger partial charge in [-0.25, -0.2) is 4.21 Å². The molecule has 0 radical (unpaired) electrons. The predicted octanol–water partition coefficient (Wildman–Crippen LogP) is 6.93. The molecular weight excluding hydrogens is 376 g/mol. The van der Waals surface area contributed by atoms with Crippen LogP contribution in [0.15, 0.2) is 60.7 Å². The van der Waals surface area contributed by atoms with Gasteiger partial charge in [0.15, 0.2) is 0 Å². The summed E-state index contributed by atoms with van der Waals surface area (Å²) in [5.74, 6) is 0. The zero-order chi connectivity index (χ0) is 19.2. The van der Waals surface area contributed by atoms with Crippen molar-refractivity contribution in [3.8, 4) is 0 Å². The lowest BCUT2D eigenvalue weighted by atomic mass is 9.85. The van der Waals surface area contributed by atoms with Gasteiger partial charge in [0.2, 0.25) is 0 Å². The summed E-state index contributed by atoms with van der Waals surface area (Å²) in [5.41, 5.74) is 2.20. The molecule has 0 aliphatic carbocycles. The number of hydrogen-bond donors (Lipinski definition) is 0. The minimum atomic E-state index is -1.08. The lowest BCUT2D eigenvalue weighted by Crippen LogP contribution is -2.40. The maximum absolute atomic E-state index is 13.8. The smallest absolute Gasteiger partial charge is 0.132 e. The maximum Gasteiger partial charge on any atom is 0.132 e. The summed E-state index contributed by atoms with van der Waals surface area (Å²) in [7, 11) is 0.560. The Morgan fingerprint density at radius 2 is 1.19 bits per heavy atom. The van der Waals surface area contributed by atoms with Gasteiger partial charge in [-0.1, -0.05) is 102 Å². The van der Waals surface area contributed by atoms with Crippen LogP contribution in [-0.4, -0.2) is 4.21 Å². The Bertz CT molecular complexity index is 790. The van der Waals surface area contributed by atoms with Crippen LogP contribution in [-0.2, 0) is 18.0 Å². The topological polar surface area (TPSA) is 17.1 Å². The van der Waals surface area contributed by atoms with Crippen LogP contribution in [0.3, 0.4) is 0 Å². The standard InChI is InChI=1S/C22H28OS3/c1-19(2,3)21(17-13-9-7-10-14-17)24-22(20(4,5)6,26(23)25-21)18-15-11-8-12-16-18/h7-16H,1-6H3/t21-,22+,26?/m1/s1. The molecule has 2 aromatic rings. The summed E-state index contributed by atoms with van der Waals surface area (Å²) in [5, 5.41) is 0. The van der Waals surface area contributed by atoms with E-state index in [9.17, 15) is 4.21 Å². The van der Waals surface area contributed by atoms with E-state index in [2.05, 4.69) is 96.1 Å². The van der Waals surface area contributed by atoms with Crippen LogP contribution in [0, 0.1) is 10.8 Å². The molecule has 2 aromatic carbocycles. The monoisotopic (exact) mass is 404 g/mol. The highest BCUT2D eigenvalue weighted by Gasteiger charge is 2.65. The Hall–Kier alpha value is -0.710. The molecule has 1 unspecified atom stereocenters. The summed E-state index contributed by atoms with van der Waals surface area (Å²) in [6.07, 6.45) is 0. The van der Waals surface area contributed by atoms with Gasteiger partial charge in [0.1, 0.15) is 18.0 Å². The van der Waals surface area contributed by atoms with Gasteiger partial charge in [0.25, 0.3) is 0 Å². The van der Waals surface area contributed by atoms with Gasteiger partial charge in [-0.15, -0.1) is 11.8 Å². The van der Waals surface area contributed by atoms with Crippen LogP contribution in [0.5, 0.6) is 0 Å². The van der Waals surface area contributed by atoms with Crippen molar-refractivity contribution in [1.29, 1.82) is 0 Å². The molecule has 0 amide bonds. The molecule has 1 aliphatic heterocycles. The fourth-order valence-electron chi connectivity index (χ4n) is 3.54. The van der Waals surface area contributed by atoms with Gasteiger partial charge < -0.3 is 0 Å². The molecule has 0 bridgehead atoms. The molecule has 1 heterocycles. The minimum absolute atomic E-state index is 0.0544. The summed E-state index contributed by atoms with van der Waals surface area (Å²) >= 11 is 1.90. The zero-order valence-electron chi connectivity index (χ0n) is 16.4. The van der Waals surface area contributed by atoms with Crippen molar-refractivity contribution in [3.05, 3.63) is 71.8 Å². The first kappa shape index (κ1) is 20.0. The molecule has 26 heavy (non-hydrogen) atoms. The van der Waals surface area contributed by atoms with Gasteiger partial charge in [0, 0.05) is 0 Å². The summed E-state index contributed by atoms with van der Waals surface area (Å²) in [6.45, 7) is 13.4. The van der Waals surface area contributed by atoms with Crippen molar-refractivity contribution < 1.29 is 4.21 Å². The molecule has 1 saturated heterocycles. The average Bonchev–Trinajstić information content (AvgIpc) is 2.92. The lowest BCUT2D eigenvalue weighted by molar-refractivity contribution is 0.350. The highest BCUT2D eigenvalue weighted by Crippen LogP contribution is 2.75. The van der Waals surface area contributed by atoms with Crippen molar-refractivity contribution in [3.63, 3.8) is 0 Å². The highest BCUT2D eigenvalue weighted by molar-refractivity contribution is 8.76. The molecule has 0 spiro atoms. The normalized spacial score (nSPS) is 29.7. The highest BCUT2D eigenvalue weighted by atomic mass is 33.1. The van der Waals surface area contributed by atoms with Crippen molar-refractivity contribution in [1.82, 2.24) is 0 Å². The van der Waals surface area contributed by atoms with Crippen molar-refractivity contribution in [2.75, 3.05) is 0 Å². The lowest BCUT2D eigenvalue weighted by Gasteiger charge is -2.44. The van der Waals surface area contributed by atoms with Crippen LogP contribution < -0.4 is 0 Å². The van der Waals surface area contributed by atoms with Gasteiger partial charge in [-0.05, 0) is 32.8 Å². The molecule has 0 aromatic heterocycles. The Morgan fingerprint density at radius 3 is 1.62 bits per heavy atom. The van der Waals surface area contributed by atoms with Gasteiger partial charge >= 0.3 is 0 Å². The van der Waals surface area contributed by atoms with Crippen molar-refractivity contribution in [2.45, 2.75) is 49.7 Å². The maximum atomic E-state index is 13.8. The van der Waals surface area contributed by atoms with E-state index in [0.29, 0.717) is 0 Å². The predicted molar refractivity (Wildman–Crippen MR) is 118 cm³/mol. The number of rotatable bonds is 2. The van der Waals surface area contributed by atoms with E-state index >= 15 is 0 Å². The molecule has 0 saturated carbocycles. The molecule has 1 aliphatic rings. The third kappa shape index (κ3) is 2.98. The van der Waals surface area contributed by atoms with Crippen molar-refractivity contribution >= 4 is 32.4 Å². The Kier molecular flexibility index (Phi) is 5.18. The molecule has 140 valence electrons. The third-order valence-corrected chi connectivity index (χ3v) is 13.6. The van der Waals surface area contributed by atoms with E-state index in [4.69, 9.17) is 0 Å². The fourth-order valence-corrected chi connectivity index (χ4v) is 12.6. The number of hydrogen-bond acceptors (Lipinski definition) is 3.